The molecule has 2 bridgehead atoms. The summed E-state index contributed by atoms with van der Waals surface area (Å²) in [6, 6.07) is 4.06. The third kappa shape index (κ3) is 3.60. The lowest BCUT2D eigenvalue weighted by Gasteiger charge is -2.52. The van der Waals surface area contributed by atoms with E-state index in [1.807, 2.05) is 18.4 Å². The first-order valence-electron chi connectivity index (χ1n) is 10.6. The number of nitrogens with two attached hydrogens (primary N) is 1. The maximum atomic E-state index is 13.6. The number of nitrogens with zero attached hydrogens (tertiary/aromatic N) is 2. The first-order chi connectivity index (χ1) is 13.4. The fourth-order valence-electron chi connectivity index (χ4n) is 5.44. The Hall–Kier alpha value is -1.44. The van der Waals surface area contributed by atoms with E-state index in [-0.39, 0.29) is 18.0 Å². The third-order valence-electron chi connectivity index (χ3n) is 7.18. The van der Waals surface area contributed by atoms with Crippen LogP contribution in [0.1, 0.15) is 43.9 Å². The molecule has 1 unspecified atom stereocenters. The summed E-state index contributed by atoms with van der Waals surface area (Å²) in [6.07, 6.45) is 5.37. The average Bonchev–Trinajstić information content (AvgIpc) is 3.23. The lowest BCUT2D eigenvalue weighted by atomic mass is 9.83. The van der Waals surface area contributed by atoms with Crippen LogP contribution >= 0.6 is 11.3 Å². The van der Waals surface area contributed by atoms with E-state index in [9.17, 15) is 9.59 Å². The topological polar surface area (TPSA) is 72.6 Å². The summed E-state index contributed by atoms with van der Waals surface area (Å²) in [6.45, 7) is 6.90. The lowest BCUT2D eigenvalue weighted by Crippen LogP contribution is -2.67. The van der Waals surface area contributed by atoms with Gasteiger partial charge >= 0.3 is 5.97 Å². The molecule has 0 aliphatic carbocycles. The van der Waals surface area contributed by atoms with E-state index in [4.69, 9.17) is 10.5 Å². The highest BCUT2D eigenvalue weighted by Crippen LogP contribution is 2.39. The van der Waals surface area contributed by atoms with Crippen molar-refractivity contribution in [2.75, 3.05) is 39.3 Å². The van der Waals surface area contributed by atoms with Crippen molar-refractivity contribution in [2.24, 2.45) is 11.7 Å². The summed E-state index contributed by atoms with van der Waals surface area (Å²) in [5.41, 5.74) is 4.78. The fraction of sp³-hybridized carbons (Fsp3) is 0.714. The number of piperidine rings is 4. The zero-order chi connectivity index (χ0) is 19.8. The quantitative estimate of drug-likeness (QED) is 0.580. The number of fused-ring (bicyclic) bond motifs is 3. The monoisotopic (exact) mass is 406 g/mol. The van der Waals surface area contributed by atoms with E-state index < -0.39 is 5.54 Å². The highest BCUT2D eigenvalue weighted by Gasteiger charge is 2.51. The number of rotatable bonds is 6. The van der Waals surface area contributed by atoms with E-state index in [2.05, 4.69) is 11.0 Å². The van der Waals surface area contributed by atoms with Gasteiger partial charge in [-0.15, -0.1) is 11.3 Å². The molecule has 0 aromatic carbocycles. The molecule has 1 aromatic rings. The smallest absolute Gasteiger partial charge is 0.332 e. The van der Waals surface area contributed by atoms with Crippen LogP contribution in [-0.4, -0.2) is 66.6 Å². The highest BCUT2D eigenvalue weighted by molar-refractivity contribution is 7.10. The van der Waals surface area contributed by atoms with Gasteiger partial charge in [-0.25, -0.2) is 4.79 Å². The number of thiophene rings is 1. The molecule has 5 heterocycles. The predicted molar refractivity (Wildman–Crippen MR) is 109 cm³/mol. The normalized spacial score (nSPS) is 32.6. The molecule has 1 aromatic heterocycles. The number of likely N-dealkylation sites (tertiary alicyclic amines) is 1. The van der Waals surface area contributed by atoms with Crippen LogP contribution in [0.4, 0.5) is 0 Å². The van der Waals surface area contributed by atoms with Gasteiger partial charge in [0.2, 0.25) is 0 Å². The highest BCUT2D eigenvalue weighted by atomic mass is 32.1. The minimum absolute atomic E-state index is 0.113. The maximum absolute atomic E-state index is 13.6. The van der Waals surface area contributed by atoms with Crippen molar-refractivity contribution in [1.29, 1.82) is 0 Å². The molecule has 2 atom stereocenters. The molecule has 4 aliphatic rings. The summed E-state index contributed by atoms with van der Waals surface area (Å²) in [5.74, 6) is 0.0146. The lowest BCUT2D eigenvalue weighted by molar-refractivity contribution is -0.939. The van der Waals surface area contributed by atoms with E-state index in [1.54, 1.807) is 11.3 Å². The molecule has 4 saturated heterocycles. The number of amides is 1. The van der Waals surface area contributed by atoms with Gasteiger partial charge in [0.15, 0.2) is 18.2 Å². The number of carbonyl (C=O) groups is 2. The van der Waals surface area contributed by atoms with Crippen LogP contribution in [0.25, 0.3) is 0 Å². The summed E-state index contributed by atoms with van der Waals surface area (Å²) in [7, 11) is 0. The van der Waals surface area contributed by atoms with Crippen molar-refractivity contribution in [2.45, 2.75) is 50.7 Å². The first kappa shape index (κ1) is 19.9. The molecule has 2 N–H and O–H groups in total. The van der Waals surface area contributed by atoms with Crippen LogP contribution in [0.5, 0.6) is 0 Å². The van der Waals surface area contributed by atoms with Crippen LogP contribution < -0.4 is 5.73 Å². The van der Waals surface area contributed by atoms with Crippen molar-refractivity contribution in [3.8, 4) is 0 Å². The molecular weight excluding hydrogens is 374 g/mol. The van der Waals surface area contributed by atoms with Gasteiger partial charge in [-0.3, -0.25) is 9.69 Å². The zero-order valence-electron chi connectivity index (χ0n) is 16.8. The Labute approximate surface area is 171 Å². The Bertz CT molecular complexity index is 708. The van der Waals surface area contributed by atoms with Crippen LogP contribution in [0, 0.1) is 5.92 Å². The SMILES string of the molecule is CC(C(=O)O[C@@H]1C[N+]2(CC(N)=O)CCC1CC2)(c1cccs1)N1CCCCC1. The molecular formula is C21H32N3O3S+. The molecule has 28 heavy (non-hydrogen) atoms. The van der Waals surface area contributed by atoms with E-state index in [0.717, 1.165) is 63.3 Å². The molecule has 4 aliphatic heterocycles. The first-order valence-corrected chi connectivity index (χ1v) is 11.4. The zero-order valence-corrected chi connectivity index (χ0v) is 17.6. The maximum Gasteiger partial charge on any atom is 0.332 e. The Morgan fingerprint density at radius 3 is 2.61 bits per heavy atom. The molecule has 154 valence electrons. The van der Waals surface area contributed by atoms with Crippen LogP contribution in [-0.2, 0) is 19.9 Å². The number of hydrogen-bond donors (Lipinski definition) is 1. The van der Waals surface area contributed by atoms with Crippen LogP contribution in [0.15, 0.2) is 17.5 Å². The second kappa shape index (κ2) is 7.76. The molecule has 0 spiro atoms. The summed E-state index contributed by atoms with van der Waals surface area (Å²) in [5, 5.41) is 2.03. The third-order valence-corrected chi connectivity index (χ3v) is 8.26. The molecule has 4 fully saturated rings. The van der Waals surface area contributed by atoms with Crippen molar-refractivity contribution in [1.82, 2.24) is 4.90 Å². The van der Waals surface area contributed by atoms with Crippen molar-refractivity contribution >= 4 is 23.2 Å². The molecule has 0 saturated carbocycles. The van der Waals surface area contributed by atoms with E-state index >= 15 is 0 Å². The Balaban J connectivity index is 1.54. The van der Waals surface area contributed by atoms with Gasteiger partial charge < -0.3 is 15.0 Å². The predicted octanol–water partition coefficient (Wildman–Crippen LogP) is 2.09. The molecule has 1 amide bonds. The molecule has 7 heteroatoms. The van der Waals surface area contributed by atoms with Gasteiger partial charge in [0.1, 0.15) is 6.54 Å². The Kier molecular flexibility index (Phi) is 5.51. The molecule has 0 radical (unpaired) electrons. The Morgan fingerprint density at radius 1 is 1.29 bits per heavy atom. The molecule has 6 nitrogen and oxygen atoms in total. The summed E-state index contributed by atoms with van der Waals surface area (Å²) in [4.78, 5) is 28.5. The number of ether oxygens (including phenoxy) is 1. The number of primary amides is 1. The van der Waals surface area contributed by atoms with E-state index in [1.165, 1.54) is 6.42 Å². The van der Waals surface area contributed by atoms with Crippen molar-refractivity contribution in [3.05, 3.63) is 22.4 Å². The number of quaternary nitrogens is 1. The van der Waals surface area contributed by atoms with E-state index in [0.29, 0.717) is 16.9 Å². The summed E-state index contributed by atoms with van der Waals surface area (Å²) >= 11 is 1.63. The van der Waals surface area contributed by atoms with Gasteiger partial charge in [0.05, 0.1) is 13.1 Å². The second-order valence-corrected chi connectivity index (χ2v) is 9.92. The van der Waals surface area contributed by atoms with Gasteiger partial charge in [-0.2, -0.15) is 0 Å². The number of carbonyl (C=O) groups excluding carboxylic acids is 2. The largest absolute Gasteiger partial charge is 0.454 e. The van der Waals surface area contributed by atoms with Crippen LogP contribution in [0.2, 0.25) is 0 Å². The number of hydrogen-bond acceptors (Lipinski definition) is 5. The van der Waals surface area contributed by atoms with Crippen molar-refractivity contribution < 1.29 is 18.8 Å². The van der Waals surface area contributed by atoms with Gasteiger partial charge in [0, 0.05) is 23.6 Å². The second-order valence-electron chi connectivity index (χ2n) is 8.97. The van der Waals surface area contributed by atoms with Gasteiger partial charge in [0.25, 0.3) is 5.91 Å². The Morgan fingerprint density at radius 2 is 2.00 bits per heavy atom. The van der Waals surface area contributed by atoms with Gasteiger partial charge in [-0.1, -0.05) is 12.5 Å². The minimum atomic E-state index is -0.727. The van der Waals surface area contributed by atoms with Gasteiger partial charge in [-0.05, 0) is 44.3 Å². The minimum Gasteiger partial charge on any atom is -0.454 e. The van der Waals surface area contributed by atoms with Crippen LogP contribution in [0.3, 0.4) is 0 Å². The molecule has 5 rings (SSSR count). The fourth-order valence-corrected chi connectivity index (χ4v) is 6.34. The summed E-state index contributed by atoms with van der Waals surface area (Å²) < 4.78 is 6.92. The number of esters is 1. The standard InChI is InChI=1S/C21H31N3O3S/c1-21(18-6-5-13-28-18,23-9-3-2-4-10-23)20(26)27-17-14-24(15-19(22)25)11-7-16(17)8-12-24/h5-6,13,16-17H,2-4,7-12,14-15H2,1H3,(H-,22,25)/p+1/t16?,17-,21?,24?/m1/s1. The average molecular weight is 407 g/mol. The van der Waals surface area contributed by atoms with Crippen molar-refractivity contribution in [3.63, 3.8) is 0 Å².